The van der Waals surface area contributed by atoms with Gasteiger partial charge in [0.05, 0.1) is 6.26 Å². The smallest absolute Gasteiger partial charge is 0.227 e. The number of anilines is 1. The summed E-state index contributed by atoms with van der Waals surface area (Å²) in [7, 11) is -3.21. The molecule has 3 aromatic rings. The first-order chi connectivity index (χ1) is 15.3. The average Bonchev–Trinajstić information content (AvgIpc) is 3.29. The Morgan fingerprint density at radius 2 is 1.75 bits per heavy atom. The minimum absolute atomic E-state index is 0.102. The van der Waals surface area contributed by atoms with Gasteiger partial charge in [-0.2, -0.15) is 4.98 Å². The van der Waals surface area contributed by atoms with Crippen LogP contribution in [0.4, 0.5) is 5.69 Å². The van der Waals surface area contributed by atoms with E-state index in [1.165, 1.54) is 10.6 Å². The predicted octanol–water partition coefficient (Wildman–Crippen LogP) is 2.98. The van der Waals surface area contributed by atoms with Crippen LogP contribution in [0, 0.1) is 12.8 Å². The summed E-state index contributed by atoms with van der Waals surface area (Å²) in [4.78, 5) is 21.3. The monoisotopic (exact) mass is 455 g/mol. The SMILES string of the molecule is Cc1nc(Oc2ccc(NC(=O)C3CCN(S(C)(=O)=O)CC3)cc2)cc(-n2cccc2)n1. The Morgan fingerprint density at radius 3 is 2.38 bits per heavy atom. The third-order valence-corrected chi connectivity index (χ3v) is 6.61. The van der Waals surface area contributed by atoms with E-state index in [1.807, 2.05) is 29.1 Å². The lowest BCUT2D eigenvalue weighted by molar-refractivity contribution is -0.120. The van der Waals surface area contributed by atoms with Gasteiger partial charge >= 0.3 is 0 Å². The average molecular weight is 456 g/mol. The molecule has 1 aromatic carbocycles. The van der Waals surface area contributed by atoms with Crippen molar-refractivity contribution in [2.24, 2.45) is 5.92 Å². The number of sulfonamides is 1. The van der Waals surface area contributed by atoms with Crippen molar-refractivity contribution < 1.29 is 17.9 Å². The van der Waals surface area contributed by atoms with Gasteiger partial charge < -0.3 is 14.6 Å². The van der Waals surface area contributed by atoms with Gasteiger partial charge in [0.15, 0.2) is 0 Å². The molecule has 2 aromatic heterocycles. The zero-order chi connectivity index (χ0) is 22.7. The molecule has 9 nitrogen and oxygen atoms in total. The molecule has 1 aliphatic heterocycles. The molecule has 168 valence electrons. The molecule has 0 radical (unpaired) electrons. The molecule has 1 N–H and O–H groups in total. The van der Waals surface area contributed by atoms with Gasteiger partial charge in [-0.3, -0.25) is 4.79 Å². The zero-order valence-electron chi connectivity index (χ0n) is 17.9. The van der Waals surface area contributed by atoms with Crippen LogP contribution in [-0.2, 0) is 14.8 Å². The van der Waals surface area contributed by atoms with Crippen LogP contribution in [-0.4, -0.2) is 52.5 Å². The van der Waals surface area contributed by atoms with E-state index in [-0.39, 0.29) is 11.8 Å². The Morgan fingerprint density at radius 1 is 1.09 bits per heavy atom. The normalized spacial score (nSPS) is 15.4. The van der Waals surface area contributed by atoms with Gasteiger partial charge in [0.2, 0.25) is 21.8 Å². The van der Waals surface area contributed by atoms with E-state index in [9.17, 15) is 13.2 Å². The molecule has 0 spiro atoms. The zero-order valence-corrected chi connectivity index (χ0v) is 18.7. The summed E-state index contributed by atoms with van der Waals surface area (Å²) in [6.45, 7) is 2.54. The van der Waals surface area contributed by atoms with Gasteiger partial charge in [-0.15, -0.1) is 0 Å². The number of hydrogen-bond acceptors (Lipinski definition) is 6. The van der Waals surface area contributed by atoms with E-state index < -0.39 is 10.0 Å². The minimum atomic E-state index is -3.21. The molecule has 4 rings (SSSR count). The number of amides is 1. The van der Waals surface area contributed by atoms with Crippen LogP contribution in [0.25, 0.3) is 5.82 Å². The van der Waals surface area contributed by atoms with Gasteiger partial charge in [-0.05, 0) is 56.2 Å². The van der Waals surface area contributed by atoms with Crippen molar-refractivity contribution in [3.05, 3.63) is 60.7 Å². The molecule has 0 unspecified atom stereocenters. The summed E-state index contributed by atoms with van der Waals surface area (Å²) >= 11 is 0. The van der Waals surface area contributed by atoms with Crippen LogP contribution in [0.3, 0.4) is 0 Å². The Hall–Kier alpha value is -3.24. The van der Waals surface area contributed by atoms with Crippen molar-refractivity contribution >= 4 is 21.6 Å². The molecule has 1 fully saturated rings. The summed E-state index contributed by atoms with van der Waals surface area (Å²) in [6, 6.07) is 12.6. The highest BCUT2D eigenvalue weighted by molar-refractivity contribution is 7.88. The molecule has 10 heteroatoms. The quantitative estimate of drug-likeness (QED) is 0.612. The Labute approximate surface area is 187 Å². The Bertz CT molecular complexity index is 1190. The molecule has 32 heavy (non-hydrogen) atoms. The number of ether oxygens (including phenoxy) is 1. The second-order valence-electron chi connectivity index (χ2n) is 7.75. The van der Waals surface area contributed by atoms with E-state index >= 15 is 0 Å². The van der Waals surface area contributed by atoms with Crippen LogP contribution in [0.15, 0.2) is 54.9 Å². The lowest BCUT2D eigenvalue weighted by Crippen LogP contribution is -2.40. The molecular weight excluding hydrogens is 430 g/mol. The van der Waals surface area contributed by atoms with Crippen LogP contribution in [0.5, 0.6) is 11.6 Å². The fourth-order valence-electron chi connectivity index (χ4n) is 3.62. The predicted molar refractivity (Wildman–Crippen MR) is 120 cm³/mol. The van der Waals surface area contributed by atoms with Crippen molar-refractivity contribution in [3.63, 3.8) is 0 Å². The third kappa shape index (κ3) is 5.32. The van der Waals surface area contributed by atoms with Crippen LogP contribution in [0.1, 0.15) is 18.7 Å². The first kappa shape index (κ1) is 22.0. The van der Waals surface area contributed by atoms with E-state index in [4.69, 9.17) is 4.74 Å². The summed E-state index contributed by atoms with van der Waals surface area (Å²) in [6.07, 6.45) is 6.01. The van der Waals surface area contributed by atoms with Crippen LogP contribution in [0.2, 0.25) is 0 Å². The number of nitrogens with one attached hydrogen (secondary N) is 1. The van der Waals surface area contributed by atoms with Crippen molar-refractivity contribution in [1.82, 2.24) is 18.8 Å². The van der Waals surface area contributed by atoms with Gasteiger partial charge in [-0.1, -0.05) is 0 Å². The van der Waals surface area contributed by atoms with E-state index in [0.717, 1.165) is 0 Å². The molecule has 1 saturated heterocycles. The number of nitrogens with zero attached hydrogens (tertiary/aromatic N) is 4. The molecular formula is C22H25N5O4S. The maximum Gasteiger partial charge on any atom is 0.227 e. The van der Waals surface area contributed by atoms with Crippen molar-refractivity contribution in [2.75, 3.05) is 24.7 Å². The highest BCUT2D eigenvalue weighted by Gasteiger charge is 2.28. The topological polar surface area (TPSA) is 106 Å². The first-order valence-corrected chi connectivity index (χ1v) is 12.2. The molecule has 0 saturated carbocycles. The molecule has 0 atom stereocenters. The first-order valence-electron chi connectivity index (χ1n) is 10.3. The number of aromatic nitrogens is 3. The number of benzene rings is 1. The molecule has 0 aliphatic carbocycles. The summed E-state index contributed by atoms with van der Waals surface area (Å²) < 4.78 is 32.4. The number of hydrogen-bond donors (Lipinski definition) is 1. The van der Waals surface area contributed by atoms with Crippen molar-refractivity contribution in [2.45, 2.75) is 19.8 Å². The fourth-order valence-corrected chi connectivity index (χ4v) is 4.49. The van der Waals surface area contributed by atoms with E-state index in [0.29, 0.717) is 54.9 Å². The Kier molecular flexibility index (Phi) is 6.24. The van der Waals surface area contributed by atoms with Crippen LogP contribution >= 0.6 is 0 Å². The highest BCUT2D eigenvalue weighted by Crippen LogP contribution is 2.25. The molecule has 3 heterocycles. The lowest BCUT2D eigenvalue weighted by Gasteiger charge is -2.29. The van der Waals surface area contributed by atoms with Crippen molar-refractivity contribution in [1.29, 1.82) is 0 Å². The molecule has 1 amide bonds. The molecule has 0 bridgehead atoms. The standard InChI is InChI=1S/C22H25N5O4S/c1-16-23-20(26-11-3-4-12-26)15-21(24-16)31-19-7-5-18(6-8-19)25-22(28)17-9-13-27(14-10-17)32(2,29)30/h3-8,11-12,15,17H,9-10,13-14H2,1-2H3,(H,25,28). The number of piperidine rings is 1. The molecule has 1 aliphatic rings. The second-order valence-corrected chi connectivity index (χ2v) is 9.74. The number of carbonyl (C=O) groups is 1. The fraction of sp³-hybridized carbons (Fsp3) is 0.318. The number of carbonyl (C=O) groups excluding carboxylic acids is 1. The van der Waals surface area contributed by atoms with Gasteiger partial charge in [0.25, 0.3) is 0 Å². The van der Waals surface area contributed by atoms with Gasteiger partial charge in [-0.25, -0.2) is 17.7 Å². The van der Waals surface area contributed by atoms with Gasteiger partial charge in [0, 0.05) is 43.2 Å². The summed E-state index contributed by atoms with van der Waals surface area (Å²) in [5, 5.41) is 2.90. The maximum atomic E-state index is 12.6. The number of rotatable bonds is 6. The number of aryl methyl sites for hydroxylation is 1. The van der Waals surface area contributed by atoms with E-state index in [2.05, 4.69) is 15.3 Å². The Balaban J connectivity index is 1.36. The lowest BCUT2D eigenvalue weighted by atomic mass is 9.97. The highest BCUT2D eigenvalue weighted by atomic mass is 32.2. The summed E-state index contributed by atoms with van der Waals surface area (Å²) in [5.74, 6) is 2.01. The maximum absolute atomic E-state index is 12.6. The van der Waals surface area contributed by atoms with E-state index in [1.54, 1.807) is 37.3 Å². The minimum Gasteiger partial charge on any atom is -0.439 e. The van der Waals surface area contributed by atoms with Gasteiger partial charge in [0.1, 0.15) is 17.4 Å². The third-order valence-electron chi connectivity index (χ3n) is 5.31. The van der Waals surface area contributed by atoms with Crippen molar-refractivity contribution in [3.8, 4) is 17.4 Å². The summed E-state index contributed by atoms with van der Waals surface area (Å²) in [5.41, 5.74) is 0.653. The van der Waals surface area contributed by atoms with Crippen LogP contribution < -0.4 is 10.1 Å². The second kappa shape index (κ2) is 9.09. The largest absolute Gasteiger partial charge is 0.439 e.